The number of benzene rings is 2. The summed E-state index contributed by atoms with van der Waals surface area (Å²) in [6.07, 6.45) is 1.87. The van der Waals surface area contributed by atoms with Crippen molar-refractivity contribution in [2.24, 2.45) is 0 Å². The molecule has 1 heterocycles. The average Bonchev–Trinajstić information content (AvgIpc) is 2.48. The molecular formula is C16H13NO2S. The van der Waals surface area contributed by atoms with Gasteiger partial charge in [0.05, 0.1) is 5.69 Å². The zero-order chi connectivity index (χ0) is 13.9. The van der Waals surface area contributed by atoms with Crippen LogP contribution < -0.4 is 10.9 Å². The molecule has 20 heavy (non-hydrogen) atoms. The molecule has 0 aliphatic rings. The van der Waals surface area contributed by atoms with Crippen LogP contribution >= 0.6 is 11.8 Å². The highest BCUT2D eigenvalue weighted by Crippen LogP contribution is 2.32. The molecule has 0 bridgehead atoms. The minimum atomic E-state index is -0.311. The topological polar surface area (TPSA) is 42.2 Å². The number of hydrogen-bond acceptors (Lipinski definition) is 4. The van der Waals surface area contributed by atoms with E-state index in [0.717, 1.165) is 16.8 Å². The van der Waals surface area contributed by atoms with Gasteiger partial charge in [-0.15, -0.1) is 11.8 Å². The van der Waals surface area contributed by atoms with E-state index >= 15 is 0 Å². The maximum absolute atomic E-state index is 12.0. The fraction of sp³-hybridized carbons (Fsp3) is 0.0625. The summed E-state index contributed by atoms with van der Waals surface area (Å²) in [4.78, 5) is 12.6. The third-order valence-electron chi connectivity index (χ3n) is 3.02. The molecule has 2 aromatic carbocycles. The number of para-hydroxylation sites is 2. The van der Waals surface area contributed by atoms with Crippen molar-refractivity contribution in [2.45, 2.75) is 4.90 Å². The van der Waals surface area contributed by atoms with Crippen LogP contribution in [-0.2, 0) is 0 Å². The van der Waals surface area contributed by atoms with Gasteiger partial charge in [0.2, 0.25) is 0 Å². The molecule has 0 aliphatic heterocycles. The normalized spacial score (nSPS) is 10.7. The molecule has 3 nitrogen and oxygen atoms in total. The number of thioether (sulfide) groups is 1. The van der Waals surface area contributed by atoms with Crippen molar-refractivity contribution >= 4 is 34.1 Å². The van der Waals surface area contributed by atoms with Gasteiger partial charge in [-0.3, -0.25) is 0 Å². The van der Waals surface area contributed by atoms with Crippen LogP contribution in [0.5, 0.6) is 0 Å². The van der Waals surface area contributed by atoms with Gasteiger partial charge in [0.1, 0.15) is 10.5 Å². The van der Waals surface area contributed by atoms with Gasteiger partial charge in [0.25, 0.3) is 0 Å². The fourth-order valence-electron chi connectivity index (χ4n) is 2.11. The summed E-state index contributed by atoms with van der Waals surface area (Å²) in [5.41, 5.74) is 2.03. The highest BCUT2D eigenvalue weighted by atomic mass is 32.2. The molecule has 4 heteroatoms. The third kappa shape index (κ3) is 2.30. The largest absolute Gasteiger partial charge is 0.422 e. The van der Waals surface area contributed by atoms with Gasteiger partial charge in [-0.1, -0.05) is 30.3 Å². The highest BCUT2D eigenvalue weighted by molar-refractivity contribution is 7.98. The second-order valence-corrected chi connectivity index (χ2v) is 5.10. The molecule has 0 aliphatic carbocycles. The predicted octanol–water partition coefficient (Wildman–Crippen LogP) is 4.26. The summed E-state index contributed by atoms with van der Waals surface area (Å²) in [7, 11) is 0. The molecular weight excluding hydrogens is 270 g/mol. The quantitative estimate of drug-likeness (QED) is 0.576. The van der Waals surface area contributed by atoms with E-state index in [4.69, 9.17) is 4.42 Å². The van der Waals surface area contributed by atoms with Crippen LogP contribution in [0.1, 0.15) is 0 Å². The molecule has 3 rings (SSSR count). The summed E-state index contributed by atoms with van der Waals surface area (Å²) in [5, 5.41) is 4.23. The van der Waals surface area contributed by atoms with E-state index in [0.29, 0.717) is 10.5 Å². The molecule has 100 valence electrons. The summed E-state index contributed by atoms with van der Waals surface area (Å²) in [5.74, 6) is 0. The van der Waals surface area contributed by atoms with Crippen LogP contribution in [0.25, 0.3) is 11.0 Å². The Bertz CT molecular complexity index is 796. The summed E-state index contributed by atoms with van der Waals surface area (Å²) >= 11 is 1.39. The number of rotatable bonds is 3. The Balaban J connectivity index is 2.24. The Morgan fingerprint density at radius 2 is 1.70 bits per heavy atom. The molecule has 1 aromatic heterocycles. The summed E-state index contributed by atoms with van der Waals surface area (Å²) in [6.45, 7) is 0. The van der Waals surface area contributed by atoms with Gasteiger partial charge < -0.3 is 9.73 Å². The first-order chi connectivity index (χ1) is 9.79. The lowest BCUT2D eigenvalue weighted by atomic mass is 10.2. The third-order valence-corrected chi connectivity index (χ3v) is 3.80. The van der Waals surface area contributed by atoms with E-state index in [1.54, 1.807) is 6.07 Å². The molecule has 0 amide bonds. The number of fused-ring (bicyclic) bond motifs is 1. The van der Waals surface area contributed by atoms with E-state index in [2.05, 4.69) is 5.32 Å². The zero-order valence-electron chi connectivity index (χ0n) is 10.9. The van der Waals surface area contributed by atoms with Crippen molar-refractivity contribution in [1.82, 2.24) is 0 Å². The van der Waals surface area contributed by atoms with Gasteiger partial charge in [0.15, 0.2) is 0 Å². The monoisotopic (exact) mass is 283 g/mol. The second kappa shape index (κ2) is 5.43. The molecule has 1 N–H and O–H groups in total. The van der Waals surface area contributed by atoms with Crippen LogP contribution in [0.2, 0.25) is 0 Å². The Hall–Kier alpha value is -2.20. The van der Waals surface area contributed by atoms with Crippen LogP contribution in [-0.4, -0.2) is 6.26 Å². The Morgan fingerprint density at radius 3 is 2.45 bits per heavy atom. The number of nitrogens with one attached hydrogen (secondary N) is 1. The van der Waals surface area contributed by atoms with Crippen LogP contribution in [0.4, 0.5) is 11.4 Å². The fourth-order valence-corrected chi connectivity index (χ4v) is 2.68. The standard InChI is InChI=1S/C16H13NO2S/c1-20-15-14(17-11-7-3-2-4-8-11)12-9-5-6-10-13(12)19-16(15)18/h2-10,17H,1H3. The maximum Gasteiger partial charge on any atom is 0.352 e. The van der Waals surface area contributed by atoms with E-state index in [9.17, 15) is 4.79 Å². The lowest BCUT2D eigenvalue weighted by Crippen LogP contribution is -2.06. The molecule has 0 fully saturated rings. The first-order valence-corrected chi connectivity index (χ1v) is 7.44. The van der Waals surface area contributed by atoms with Gasteiger partial charge in [0, 0.05) is 11.1 Å². The van der Waals surface area contributed by atoms with Crippen LogP contribution in [0, 0.1) is 0 Å². The number of anilines is 2. The van der Waals surface area contributed by atoms with Crippen molar-refractivity contribution in [3.63, 3.8) is 0 Å². The molecule has 0 atom stereocenters. The Kier molecular flexibility index (Phi) is 3.48. The Morgan fingerprint density at radius 1 is 1.00 bits per heavy atom. The minimum Gasteiger partial charge on any atom is -0.422 e. The van der Waals surface area contributed by atoms with Gasteiger partial charge in [-0.2, -0.15) is 0 Å². The first-order valence-electron chi connectivity index (χ1n) is 6.21. The smallest absolute Gasteiger partial charge is 0.352 e. The average molecular weight is 283 g/mol. The van der Waals surface area contributed by atoms with Crippen LogP contribution in [0.3, 0.4) is 0 Å². The minimum absolute atomic E-state index is 0.311. The van der Waals surface area contributed by atoms with Crippen molar-refractivity contribution in [3.8, 4) is 0 Å². The van der Waals surface area contributed by atoms with Crippen molar-refractivity contribution < 1.29 is 4.42 Å². The van der Waals surface area contributed by atoms with Crippen molar-refractivity contribution in [2.75, 3.05) is 11.6 Å². The first kappa shape index (κ1) is 12.8. The zero-order valence-corrected chi connectivity index (χ0v) is 11.7. The lowest BCUT2D eigenvalue weighted by molar-refractivity contribution is 0.545. The van der Waals surface area contributed by atoms with E-state index in [1.165, 1.54) is 11.8 Å². The van der Waals surface area contributed by atoms with Gasteiger partial charge in [-0.05, 0) is 30.5 Å². The summed E-state index contributed by atoms with van der Waals surface area (Å²) in [6, 6.07) is 17.3. The molecule has 0 radical (unpaired) electrons. The SMILES string of the molecule is CSc1c(Nc2ccccc2)c2ccccc2oc1=O. The maximum atomic E-state index is 12.0. The van der Waals surface area contributed by atoms with Crippen molar-refractivity contribution in [3.05, 3.63) is 65.0 Å². The Labute approximate surface area is 120 Å². The molecule has 0 spiro atoms. The lowest BCUT2D eigenvalue weighted by Gasteiger charge is -2.12. The highest BCUT2D eigenvalue weighted by Gasteiger charge is 2.13. The van der Waals surface area contributed by atoms with Gasteiger partial charge >= 0.3 is 5.63 Å². The summed E-state index contributed by atoms with van der Waals surface area (Å²) < 4.78 is 5.35. The van der Waals surface area contributed by atoms with E-state index in [-0.39, 0.29) is 5.63 Å². The predicted molar refractivity (Wildman–Crippen MR) is 84.0 cm³/mol. The second-order valence-electron chi connectivity index (χ2n) is 4.28. The van der Waals surface area contributed by atoms with Crippen molar-refractivity contribution in [1.29, 1.82) is 0 Å². The van der Waals surface area contributed by atoms with E-state index in [1.807, 2.05) is 54.8 Å². The number of hydrogen-bond donors (Lipinski definition) is 1. The molecule has 0 saturated carbocycles. The van der Waals surface area contributed by atoms with E-state index < -0.39 is 0 Å². The van der Waals surface area contributed by atoms with Gasteiger partial charge in [-0.25, -0.2) is 4.79 Å². The molecule has 3 aromatic rings. The molecule has 0 unspecified atom stereocenters. The molecule has 0 saturated heterocycles. The van der Waals surface area contributed by atoms with Crippen LogP contribution in [0.15, 0.2) is 68.7 Å².